The van der Waals surface area contributed by atoms with E-state index in [2.05, 4.69) is 24.1 Å². The molecule has 0 bridgehead atoms. The van der Waals surface area contributed by atoms with Crippen molar-refractivity contribution in [1.82, 2.24) is 10.2 Å². The first-order valence-corrected chi connectivity index (χ1v) is 6.43. The maximum absolute atomic E-state index is 11.0. The van der Waals surface area contributed by atoms with Crippen molar-refractivity contribution < 1.29 is 9.90 Å². The first-order chi connectivity index (χ1) is 8.69. The second-order valence-electron chi connectivity index (χ2n) is 4.17. The highest BCUT2D eigenvalue weighted by Crippen LogP contribution is 2.08. The molecule has 0 aliphatic heterocycles. The lowest BCUT2D eigenvalue weighted by Crippen LogP contribution is -2.31. The summed E-state index contributed by atoms with van der Waals surface area (Å²) in [5.74, 6) is -0.865. The molecule has 0 fully saturated rings. The molecule has 0 spiro atoms. The number of hydrogen-bond donors (Lipinski definition) is 2. The summed E-state index contributed by atoms with van der Waals surface area (Å²) in [5.41, 5.74) is 1.22. The number of rotatable bonds is 8. The average molecular weight is 250 g/mol. The molecule has 0 saturated heterocycles. The predicted octanol–water partition coefficient (Wildman–Crippen LogP) is 1.82. The van der Waals surface area contributed by atoms with E-state index in [1.54, 1.807) is 12.1 Å². The molecule has 1 rings (SSSR count). The van der Waals surface area contributed by atoms with Crippen LogP contribution < -0.4 is 5.32 Å². The monoisotopic (exact) mass is 250 g/mol. The van der Waals surface area contributed by atoms with Gasteiger partial charge in [0.1, 0.15) is 0 Å². The fraction of sp³-hybridized carbons (Fsp3) is 0.500. The number of carbonyl (C=O) groups is 1. The van der Waals surface area contributed by atoms with E-state index in [0.717, 1.165) is 31.7 Å². The minimum Gasteiger partial charge on any atom is -0.478 e. The van der Waals surface area contributed by atoms with Gasteiger partial charge in [-0.05, 0) is 24.7 Å². The zero-order chi connectivity index (χ0) is 13.4. The zero-order valence-electron chi connectivity index (χ0n) is 11.1. The van der Waals surface area contributed by atoms with E-state index >= 15 is 0 Å². The summed E-state index contributed by atoms with van der Waals surface area (Å²) in [4.78, 5) is 13.3. The molecule has 0 unspecified atom stereocenters. The Balaban J connectivity index is 2.42. The molecule has 0 atom stereocenters. The van der Waals surface area contributed by atoms with Gasteiger partial charge in [0.15, 0.2) is 0 Å². The van der Waals surface area contributed by atoms with Crippen LogP contribution in [-0.4, -0.2) is 42.2 Å². The van der Waals surface area contributed by atoms with Gasteiger partial charge in [0.05, 0.1) is 5.56 Å². The first-order valence-electron chi connectivity index (χ1n) is 6.43. The highest BCUT2D eigenvalue weighted by molar-refractivity contribution is 5.89. The largest absolute Gasteiger partial charge is 0.478 e. The summed E-state index contributed by atoms with van der Waals surface area (Å²) in [6, 6.07) is 7.12. The van der Waals surface area contributed by atoms with E-state index in [0.29, 0.717) is 12.1 Å². The maximum atomic E-state index is 11.0. The van der Waals surface area contributed by atoms with Gasteiger partial charge in [-0.1, -0.05) is 32.0 Å². The van der Waals surface area contributed by atoms with E-state index in [1.807, 2.05) is 12.1 Å². The molecule has 18 heavy (non-hydrogen) atoms. The second-order valence-corrected chi connectivity index (χ2v) is 4.17. The smallest absolute Gasteiger partial charge is 0.336 e. The van der Waals surface area contributed by atoms with Crippen molar-refractivity contribution in [2.75, 3.05) is 26.2 Å². The lowest BCUT2D eigenvalue weighted by atomic mass is 10.1. The Morgan fingerprint density at radius 2 is 1.94 bits per heavy atom. The first kappa shape index (κ1) is 14.7. The number of likely N-dealkylation sites (N-methyl/N-ethyl adjacent to an activating group) is 1. The quantitative estimate of drug-likeness (QED) is 0.691. The molecule has 1 aromatic carbocycles. The van der Waals surface area contributed by atoms with Crippen LogP contribution in [-0.2, 0) is 6.54 Å². The van der Waals surface area contributed by atoms with Gasteiger partial charge in [0, 0.05) is 19.6 Å². The SMILES string of the molecule is CCN(CC)CCNCc1ccccc1C(=O)O. The van der Waals surface area contributed by atoms with Gasteiger partial charge in [0.2, 0.25) is 0 Å². The number of nitrogens with one attached hydrogen (secondary N) is 1. The Hall–Kier alpha value is -1.39. The molecule has 100 valence electrons. The van der Waals surface area contributed by atoms with Crippen LogP contribution in [0.1, 0.15) is 29.8 Å². The molecule has 1 aromatic rings. The second kappa shape index (κ2) is 7.84. The van der Waals surface area contributed by atoms with E-state index in [1.165, 1.54) is 0 Å². The van der Waals surface area contributed by atoms with Gasteiger partial charge in [-0.25, -0.2) is 4.79 Å². The van der Waals surface area contributed by atoms with Crippen LogP contribution in [0.3, 0.4) is 0 Å². The highest BCUT2D eigenvalue weighted by atomic mass is 16.4. The van der Waals surface area contributed by atoms with E-state index in [4.69, 9.17) is 5.11 Å². The van der Waals surface area contributed by atoms with Crippen molar-refractivity contribution in [3.8, 4) is 0 Å². The summed E-state index contributed by atoms with van der Waals surface area (Å²) < 4.78 is 0. The molecule has 0 amide bonds. The van der Waals surface area contributed by atoms with Crippen molar-refractivity contribution >= 4 is 5.97 Å². The molecule has 0 heterocycles. The summed E-state index contributed by atoms with van der Waals surface area (Å²) >= 11 is 0. The van der Waals surface area contributed by atoms with E-state index in [9.17, 15) is 4.79 Å². The molecular formula is C14H22N2O2. The molecule has 4 nitrogen and oxygen atoms in total. The molecule has 0 saturated carbocycles. The molecule has 4 heteroatoms. The normalized spacial score (nSPS) is 10.8. The molecule has 2 N–H and O–H groups in total. The van der Waals surface area contributed by atoms with Crippen LogP contribution in [0.5, 0.6) is 0 Å². The Bertz CT molecular complexity index is 376. The third kappa shape index (κ3) is 4.47. The third-order valence-electron chi connectivity index (χ3n) is 3.06. The summed E-state index contributed by atoms with van der Waals surface area (Å²) in [5, 5.41) is 12.3. The molecule has 0 radical (unpaired) electrons. The lowest BCUT2D eigenvalue weighted by Gasteiger charge is -2.18. The standard InChI is InChI=1S/C14H22N2O2/c1-3-16(4-2)10-9-15-11-12-7-5-6-8-13(12)14(17)18/h5-8,15H,3-4,9-11H2,1-2H3,(H,17,18). The Kier molecular flexibility index (Phi) is 6.39. The zero-order valence-corrected chi connectivity index (χ0v) is 11.1. The number of aromatic carboxylic acids is 1. The number of hydrogen-bond acceptors (Lipinski definition) is 3. The Morgan fingerprint density at radius 1 is 1.28 bits per heavy atom. The summed E-state index contributed by atoms with van der Waals surface area (Å²) in [6.07, 6.45) is 0. The van der Waals surface area contributed by atoms with Gasteiger partial charge in [-0.15, -0.1) is 0 Å². The molecule has 0 aliphatic rings. The van der Waals surface area contributed by atoms with Gasteiger partial charge < -0.3 is 15.3 Å². The van der Waals surface area contributed by atoms with Crippen molar-refractivity contribution in [3.63, 3.8) is 0 Å². The van der Waals surface area contributed by atoms with Crippen LogP contribution in [0.2, 0.25) is 0 Å². The molecule has 0 aliphatic carbocycles. The lowest BCUT2D eigenvalue weighted by molar-refractivity contribution is 0.0695. The fourth-order valence-electron chi connectivity index (χ4n) is 1.88. The topological polar surface area (TPSA) is 52.6 Å². The summed E-state index contributed by atoms with van der Waals surface area (Å²) in [7, 11) is 0. The van der Waals surface area contributed by atoms with Gasteiger partial charge in [0.25, 0.3) is 0 Å². The van der Waals surface area contributed by atoms with Crippen LogP contribution in [0, 0.1) is 0 Å². The van der Waals surface area contributed by atoms with E-state index < -0.39 is 5.97 Å². The molecule has 0 aromatic heterocycles. The third-order valence-corrected chi connectivity index (χ3v) is 3.06. The number of carboxylic acids is 1. The fourth-order valence-corrected chi connectivity index (χ4v) is 1.88. The van der Waals surface area contributed by atoms with E-state index in [-0.39, 0.29) is 0 Å². The molecular weight excluding hydrogens is 228 g/mol. The average Bonchev–Trinajstić information content (AvgIpc) is 2.39. The van der Waals surface area contributed by atoms with Crippen LogP contribution in [0.15, 0.2) is 24.3 Å². The summed E-state index contributed by atoms with van der Waals surface area (Å²) in [6.45, 7) is 8.84. The van der Waals surface area contributed by atoms with Crippen molar-refractivity contribution in [3.05, 3.63) is 35.4 Å². The maximum Gasteiger partial charge on any atom is 0.336 e. The minimum atomic E-state index is -0.865. The number of carboxylic acid groups (broad SMARTS) is 1. The van der Waals surface area contributed by atoms with Crippen molar-refractivity contribution in [2.45, 2.75) is 20.4 Å². The minimum absolute atomic E-state index is 0.382. The van der Waals surface area contributed by atoms with Gasteiger partial charge >= 0.3 is 5.97 Å². The van der Waals surface area contributed by atoms with Crippen molar-refractivity contribution in [2.24, 2.45) is 0 Å². The van der Waals surface area contributed by atoms with Crippen LogP contribution >= 0.6 is 0 Å². The Labute approximate surface area is 109 Å². The van der Waals surface area contributed by atoms with Crippen LogP contribution in [0.25, 0.3) is 0 Å². The Morgan fingerprint density at radius 3 is 2.56 bits per heavy atom. The predicted molar refractivity (Wildman–Crippen MR) is 72.9 cm³/mol. The number of nitrogens with zero attached hydrogens (tertiary/aromatic N) is 1. The van der Waals surface area contributed by atoms with Crippen molar-refractivity contribution in [1.29, 1.82) is 0 Å². The van der Waals surface area contributed by atoms with Gasteiger partial charge in [-0.3, -0.25) is 0 Å². The van der Waals surface area contributed by atoms with Crippen LogP contribution in [0.4, 0.5) is 0 Å². The highest BCUT2D eigenvalue weighted by Gasteiger charge is 2.08. The number of benzene rings is 1. The van der Waals surface area contributed by atoms with Gasteiger partial charge in [-0.2, -0.15) is 0 Å².